The molecule has 0 radical (unpaired) electrons. The van der Waals surface area contributed by atoms with Crippen LogP contribution in [0.1, 0.15) is 22.8 Å². The molecule has 16 heavy (non-hydrogen) atoms. The van der Waals surface area contributed by atoms with E-state index >= 15 is 0 Å². The van der Waals surface area contributed by atoms with E-state index in [2.05, 4.69) is 0 Å². The van der Waals surface area contributed by atoms with Crippen LogP contribution in [0.25, 0.3) is 0 Å². The van der Waals surface area contributed by atoms with E-state index in [9.17, 15) is 4.79 Å². The first-order valence-corrected chi connectivity index (χ1v) is 5.20. The molecule has 2 N–H and O–H groups in total. The Balaban J connectivity index is 3.35. The summed E-state index contributed by atoms with van der Waals surface area (Å²) in [5.74, 6) is -0.114. The van der Waals surface area contributed by atoms with Gasteiger partial charge in [0.1, 0.15) is 5.75 Å². The third-order valence-corrected chi connectivity index (χ3v) is 2.62. The van der Waals surface area contributed by atoms with Gasteiger partial charge in [0.25, 0.3) is 0 Å². The molecule has 4 nitrogen and oxygen atoms in total. The number of methoxy groups -OCH3 is 1. The third-order valence-electron chi connectivity index (χ3n) is 2.23. The van der Waals surface area contributed by atoms with Crippen LogP contribution < -0.4 is 10.5 Å². The summed E-state index contributed by atoms with van der Waals surface area (Å²) in [6.07, 6.45) is 0. The molecule has 0 saturated carbocycles. The Morgan fingerprint density at radius 3 is 2.69 bits per heavy atom. The first kappa shape index (κ1) is 12.6. The molecule has 0 fully saturated rings. The normalized spacial score (nSPS) is 10.0. The number of hydrogen-bond acceptors (Lipinski definition) is 4. The fourth-order valence-electron chi connectivity index (χ4n) is 1.38. The van der Waals surface area contributed by atoms with Crippen molar-refractivity contribution in [3.05, 3.63) is 22.2 Å². The van der Waals surface area contributed by atoms with E-state index in [0.717, 1.165) is 0 Å². The number of esters is 1. The summed E-state index contributed by atoms with van der Waals surface area (Å²) in [6, 6.07) is 1.58. The van der Waals surface area contributed by atoms with Crippen molar-refractivity contribution in [2.75, 3.05) is 19.5 Å². The Morgan fingerprint density at radius 2 is 2.19 bits per heavy atom. The minimum Gasteiger partial charge on any atom is -0.495 e. The van der Waals surface area contributed by atoms with Crippen molar-refractivity contribution < 1.29 is 14.3 Å². The zero-order valence-electron chi connectivity index (χ0n) is 9.46. The number of benzene rings is 1. The van der Waals surface area contributed by atoms with Crippen LogP contribution >= 0.6 is 11.6 Å². The van der Waals surface area contributed by atoms with Crippen LogP contribution in [0.3, 0.4) is 0 Å². The van der Waals surface area contributed by atoms with Crippen LogP contribution in [-0.4, -0.2) is 19.7 Å². The van der Waals surface area contributed by atoms with E-state index < -0.39 is 5.97 Å². The van der Waals surface area contributed by atoms with Gasteiger partial charge in [-0.25, -0.2) is 4.79 Å². The van der Waals surface area contributed by atoms with Crippen molar-refractivity contribution >= 4 is 23.3 Å². The fourth-order valence-corrected chi connectivity index (χ4v) is 1.57. The minimum absolute atomic E-state index is 0.253. The Morgan fingerprint density at radius 1 is 1.56 bits per heavy atom. The maximum atomic E-state index is 11.7. The van der Waals surface area contributed by atoms with Gasteiger partial charge in [0.05, 0.1) is 25.0 Å². The average molecular weight is 244 g/mol. The second-order valence-corrected chi connectivity index (χ2v) is 3.60. The Bertz CT molecular complexity index is 418. The maximum absolute atomic E-state index is 11.7. The summed E-state index contributed by atoms with van der Waals surface area (Å²) < 4.78 is 9.94. The number of nitrogens with two attached hydrogens (primary N) is 1. The number of nitrogen functional groups attached to an aromatic ring is 1. The van der Waals surface area contributed by atoms with Crippen molar-refractivity contribution in [3.63, 3.8) is 0 Å². The van der Waals surface area contributed by atoms with Crippen molar-refractivity contribution in [3.8, 4) is 5.75 Å². The van der Waals surface area contributed by atoms with E-state index in [1.807, 2.05) is 0 Å². The van der Waals surface area contributed by atoms with E-state index in [4.69, 9.17) is 26.8 Å². The second kappa shape index (κ2) is 5.07. The summed E-state index contributed by atoms with van der Waals surface area (Å²) >= 11 is 5.97. The van der Waals surface area contributed by atoms with Crippen LogP contribution in [0.15, 0.2) is 6.07 Å². The third kappa shape index (κ3) is 2.22. The number of carbonyl (C=O) groups excluding carboxylic acids is 1. The molecule has 0 heterocycles. The lowest BCUT2D eigenvalue weighted by Gasteiger charge is -2.13. The molecular weight excluding hydrogens is 230 g/mol. The molecule has 0 amide bonds. The summed E-state index contributed by atoms with van der Waals surface area (Å²) in [4.78, 5) is 11.7. The predicted octanol–water partition coefficient (Wildman–Crippen LogP) is 2.42. The lowest BCUT2D eigenvalue weighted by molar-refractivity contribution is 0.0526. The molecule has 0 aromatic heterocycles. The molecule has 88 valence electrons. The molecular formula is C11H14ClNO3. The van der Waals surface area contributed by atoms with Crippen molar-refractivity contribution in [1.29, 1.82) is 0 Å². The van der Waals surface area contributed by atoms with Gasteiger partial charge in [-0.05, 0) is 19.4 Å². The Labute approximate surface area is 99.3 Å². The van der Waals surface area contributed by atoms with Crippen molar-refractivity contribution in [2.24, 2.45) is 0 Å². The van der Waals surface area contributed by atoms with E-state index in [1.165, 1.54) is 7.11 Å². The highest BCUT2D eigenvalue weighted by atomic mass is 35.5. The van der Waals surface area contributed by atoms with Crippen LogP contribution in [0.4, 0.5) is 5.69 Å². The molecule has 0 aliphatic carbocycles. The zero-order valence-corrected chi connectivity index (χ0v) is 10.2. The van der Waals surface area contributed by atoms with Gasteiger partial charge in [-0.1, -0.05) is 11.6 Å². The molecule has 0 aliphatic rings. The summed E-state index contributed by atoms with van der Waals surface area (Å²) in [6.45, 7) is 3.72. The highest BCUT2D eigenvalue weighted by molar-refractivity contribution is 6.32. The molecule has 1 aromatic rings. The molecule has 1 aromatic carbocycles. The van der Waals surface area contributed by atoms with Crippen molar-refractivity contribution in [2.45, 2.75) is 13.8 Å². The number of anilines is 1. The summed E-state index contributed by atoms with van der Waals surface area (Å²) in [5, 5.41) is 0.425. The maximum Gasteiger partial charge on any atom is 0.340 e. The van der Waals surface area contributed by atoms with E-state index in [1.54, 1.807) is 19.9 Å². The van der Waals surface area contributed by atoms with E-state index in [-0.39, 0.29) is 17.9 Å². The standard InChI is InChI=1S/C11H14ClNO3/c1-4-16-11(14)9-6(2)7(12)5-8(15-3)10(9)13/h5H,4,13H2,1-3H3. The number of carbonyl (C=O) groups is 1. The highest BCUT2D eigenvalue weighted by Crippen LogP contribution is 2.33. The zero-order chi connectivity index (χ0) is 12.3. The van der Waals surface area contributed by atoms with Crippen LogP contribution in [0.5, 0.6) is 5.75 Å². The van der Waals surface area contributed by atoms with E-state index in [0.29, 0.717) is 16.3 Å². The number of ether oxygens (including phenoxy) is 2. The first-order chi connectivity index (χ1) is 7.52. The smallest absolute Gasteiger partial charge is 0.340 e. The predicted molar refractivity (Wildman–Crippen MR) is 63.1 cm³/mol. The molecule has 0 atom stereocenters. The molecule has 5 heteroatoms. The lowest BCUT2D eigenvalue weighted by atomic mass is 10.1. The molecule has 0 saturated heterocycles. The first-order valence-electron chi connectivity index (χ1n) is 4.82. The van der Waals surface area contributed by atoms with Gasteiger partial charge in [-0.3, -0.25) is 0 Å². The Kier molecular flexibility index (Phi) is 4.01. The van der Waals surface area contributed by atoms with Gasteiger partial charge in [-0.2, -0.15) is 0 Å². The molecule has 0 spiro atoms. The average Bonchev–Trinajstić information content (AvgIpc) is 2.24. The molecule has 0 unspecified atom stereocenters. The summed E-state index contributed by atoms with van der Waals surface area (Å²) in [7, 11) is 1.46. The fraction of sp³-hybridized carbons (Fsp3) is 0.364. The van der Waals surface area contributed by atoms with Gasteiger partial charge in [0.15, 0.2) is 0 Å². The van der Waals surface area contributed by atoms with Gasteiger partial charge >= 0.3 is 5.97 Å². The number of rotatable bonds is 3. The second-order valence-electron chi connectivity index (χ2n) is 3.19. The van der Waals surface area contributed by atoms with Gasteiger partial charge in [0.2, 0.25) is 0 Å². The lowest BCUT2D eigenvalue weighted by Crippen LogP contribution is -2.11. The molecule has 1 rings (SSSR count). The minimum atomic E-state index is -0.488. The largest absolute Gasteiger partial charge is 0.495 e. The van der Waals surface area contributed by atoms with Gasteiger partial charge in [-0.15, -0.1) is 0 Å². The monoisotopic (exact) mass is 243 g/mol. The summed E-state index contributed by atoms with van der Waals surface area (Å²) in [5.41, 5.74) is 6.93. The van der Waals surface area contributed by atoms with Gasteiger partial charge in [0, 0.05) is 11.1 Å². The highest BCUT2D eigenvalue weighted by Gasteiger charge is 2.20. The van der Waals surface area contributed by atoms with Crippen LogP contribution in [0, 0.1) is 6.92 Å². The number of hydrogen-bond donors (Lipinski definition) is 1. The van der Waals surface area contributed by atoms with Crippen LogP contribution in [0.2, 0.25) is 5.02 Å². The molecule has 0 aliphatic heterocycles. The Hall–Kier alpha value is -1.42. The topological polar surface area (TPSA) is 61.5 Å². The van der Waals surface area contributed by atoms with Crippen LogP contribution in [-0.2, 0) is 4.74 Å². The molecule has 0 bridgehead atoms. The quantitative estimate of drug-likeness (QED) is 0.654. The SMILES string of the molecule is CCOC(=O)c1c(C)c(Cl)cc(OC)c1N. The number of halogens is 1. The van der Waals surface area contributed by atoms with Crippen molar-refractivity contribution in [1.82, 2.24) is 0 Å². The van der Waals surface area contributed by atoms with Gasteiger partial charge < -0.3 is 15.2 Å².